The number of rotatable bonds is 4. The van der Waals surface area contributed by atoms with Gasteiger partial charge >= 0.3 is 0 Å². The molecule has 0 saturated carbocycles. The van der Waals surface area contributed by atoms with Gasteiger partial charge in [-0.05, 0) is 23.9 Å². The van der Waals surface area contributed by atoms with Crippen molar-refractivity contribution in [3.05, 3.63) is 82.8 Å². The van der Waals surface area contributed by atoms with Crippen molar-refractivity contribution in [2.24, 2.45) is 0 Å². The minimum absolute atomic E-state index is 0.0964. The maximum atomic E-state index is 14.7. The first kappa shape index (κ1) is 18.6. The van der Waals surface area contributed by atoms with Crippen molar-refractivity contribution in [1.29, 1.82) is 0 Å². The summed E-state index contributed by atoms with van der Waals surface area (Å²) in [6, 6.07) is 13.8. The van der Waals surface area contributed by atoms with E-state index in [1.54, 1.807) is 0 Å². The van der Waals surface area contributed by atoms with Gasteiger partial charge in [0.25, 0.3) is 5.56 Å². The van der Waals surface area contributed by atoms with E-state index < -0.39 is 11.6 Å². The number of hydrogen-bond acceptors (Lipinski definition) is 7. The second-order valence-corrected chi connectivity index (χ2v) is 8.22. The highest BCUT2D eigenvalue weighted by atomic mass is 32.2. The van der Waals surface area contributed by atoms with E-state index in [1.807, 2.05) is 30.3 Å². The van der Waals surface area contributed by atoms with Gasteiger partial charge in [-0.15, -0.1) is 15.3 Å². The van der Waals surface area contributed by atoms with Crippen LogP contribution in [0.5, 0.6) is 0 Å². The van der Waals surface area contributed by atoms with Crippen LogP contribution in [-0.2, 0) is 0 Å². The zero-order valence-corrected chi connectivity index (χ0v) is 16.6. The van der Waals surface area contributed by atoms with Gasteiger partial charge in [-0.2, -0.15) is 4.52 Å². The Bertz CT molecular complexity index is 1430. The Hall–Kier alpha value is -3.44. The minimum atomic E-state index is -0.754. The van der Waals surface area contributed by atoms with E-state index in [0.717, 1.165) is 17.8 Å². The zero-order valence-electron chi connectivity index (χ0n) is 14.9. The van der Waals surface area contributed by atoms with Crippen molar-refractivity contribution >= 4 is 28.1 Å². The Morgan fingerprint density at radius 2 is 1.83 bits per heavy atom. The molecule has 3 heterocycles. The average Bonchev–Trinajstić information content (AvgIpc) is 3.34. The summed E-state index contributed by atoms with van der Waals surface area (Å²) in [5, 5.41) is 13.0. The molecule has 0 saturated heterocycles. The zero-order chi connectivity index (χ0) is 20.7. The third-order valence-corrected chi connectivity index (χ3v) is 6.07. The van der Waals surface area contributed by atoms with Gasteiger partial charge < -0.3 is 0 Å². The highest BCUT2D eigenvalue weighted by Gasteiger charge is 2.21. The monoisotopic (exact) mass is 440 g/mol. The highest BCUT2D eigenvalue weighted by molar-refractivity contribution is 8.01. The van der Waals surface area contributed by atoms with Gasteiger partial charge in [0.2, 0.25) is 10.1 Å². The predicted octanol–water partition coefficient (Wildman–Crippen LogP) is 3.83. The molecule has 5 aromatic rings. The summed E-state index contributed by atoms with van der Waals surface area (Å²) >= 11 is 2.30. The van der Waals surface area contributed by atoms with Crippen molar-refractivity contribution in [3.63, 3.8) is 0 Å². The van der Waals surface area contributed by atoms with Gasteiger partial charge in [0, 0.05) is 23.9 Å². The smallest absolute Gasteiger partial charge is 0.267 e. The Balaban J connectivity index is 1.67. The van der Waals surface area contributed by atoms with E-state index in [4.69, 9.17) is 0 Å². The molecular formula is C19H10F2N6OS2. The van der Waals surface area contributed by atoms with Crippen molar-refractivity contribution in [2.75, 3.05) is 0 Å². The molecule has 0 aliphatic heterocycles. The summed E-state index contributed by atoms with van der Waals surface area (Å²) in [5.41, 5.74) is 0.501. The molecule has 0 unspecified atom stereocenters. The van der Waals surface area contributed by atoms with Crippen LogP contribution in [0, 0.1) is 11.6 Å². The van der Waals surface area contributed by atoms with Crippen molar-refractivity contribution in [2.45, 2.75) is 9.50 Å². The molecule has 0 radical (unpaired) electrons. The summed E-state index contributed by atoms with van der Waals surface area (Å²) in [6.45, 7) is 0. The molecule has 11 heteroatoms. The van der Waals surface area contributed by atoms with Gasteiger partial charge in [0.15, 0.2) is 10.2 Å². The molecular weight excluding hydrogens is 430 g/mol. The molecule has 0 bridgehead atoms. The molecule has 0 aliphatic rings. The maximum Gasteiger partial charge on any atom is 0.275 e. The standard InChI is InChI=1S/C19H10F2N6OS2/c20-12-6-7-14(13(21)10-12)26-16(11-4-2-1-3-5-11)23-24-18(26)30-19-25-27-15(28)8-9-22-17(27)29-19/h1-10H. The lowest BCUT2D eigenvalue weighted by molar-refractivity contribution is 0.575. The van der Waals surface area contributed by atoms with Gasteiger partial charge in [-0.25, -0.2) is 13.8 Å². The van der Waals surface area contributed by atoms with E-state index in [0.29, 0.717) is 25.8 Å². The van der Waals surface area contributed by atoms with Gasteiger partial charge in [0.05, 0.1) is 5.69 Å². The fourth-order valence-corrected chi connectivity index (χ4v) is 4.70. The molecule has 3 aromatic heterocycles. The highest BCUT2D eigenvalue weighted by Crippen LogP contribution is 2.34. The minimum Gasteiger partial charge on any atom is -0.267 e. The topological polar surface area (TPSA) is 78.0 Å². The molecule has 0 N–H and O–H groups in total. The summed E-state index contributed by atoms with van der Waals surface area (Å²) in [4.78, 5) is 16.5. The molecule has 5 rings (SSSR count). The van der Waals surface area contributed by atoms with Gasteiger partial charge in [-0.3, -0.25) is 9.36 Å². The Kier molecular flexibility index (Phi) is 4.60. The van der Waals surface area contributed by atoms with Crippen LogP contribution >= 0.6 is 23.1 Å². The molecule has 148 valence electrons. The van der Waals surface area contributed by atoms with Gasteiger partial charge in [-0.1, -0.05) is 41.7 Å². The number of hydrogen-bond donors (Lipinski definition) is 0. The molecule has 0 aliphatic carbocycles. The molecule has 30 heavy (non-hydrogen) atoms. The van der Waals surface area contributed by atoms with Crippen LogP contribution in [0.2, 0.25) is 0 Å². The fourth-order valence-electron chi connectivity index (χ4n) is 2.84. The lowest BCUT2D eigenvalue weighted by atomic mass is 10.2. The first-order chi connectivity index (χ1) is 14.6. The quantitative estimate of drug-likeness (QED) is 0.423. The first-order valence-electron chi connectivity index (χ1n) is 8.59. The SMILES string of the molecule is O=c1ccnc2sc(Sc3nnc(-c4ccccc4)n3-c3ccc(F)cc3F)nn12. The van der Waals surface area contributed by atoms with E-state index in [-0.39, 0.29) is 11.2 Å². The molecule has 0 fully saturated rings. The van der Waals surface area contributed by atoms with Crippen LogP contribution in [0.15, 0.2) is 75.1 Å². The van der Waals surface area contributed by atoms with E-state index in [9.17, 15) is 13.6 Å². The second-order valence-electron chi connectivity index (χ2n) is 6.05. The van der Waals surface area contributed by atoms with Crippen LogP contribution in [0.4, 0.5) is 8.78 Å². The molecule has 0 spiro atoms. The summed E-state index contributed by atoms with van der Waals surface area (Å²) in [5.74, 6) is -1.05. The summed E-state index contributed by atoms with van der Waals surface area (Å²) in [6.07, 6.45) is 1.41. The third kappa shape index (κ3) is 3.27. The predicted molar refractivity (Wildman–Crippen MR) is 108 cm³/mol. The van der Waals surface area contributed by atoms with E-state index in [2.05, 4.69) is 20.3 Å². The number of nitrogens with zero attached hydrogens (tertiary/aromatic N) is 6. The lowest BCUT2D eigenvalue weighted by Gasteiger charge is -2.10. The number of halogens is 2. The summed E-state index contributed by atoms with van der Waals surface area (Å²) < 4.78 is 31.3. The average molecular weight is 440 g/mol. The van der Waals surface area contributed by atoms with Crippen molar-refractivity contribution in [1.82, 2.24) is 29.4 Å². The van der Waals surface area contributed by atoms with E-state index >= 15 is 0 Å². The van der Waals surface area contributed by atoms with Crippen LogP contribution in [0.25, 0.3) is 22.0 Å². The molecule has 0 atom stereocenters. The van der Waals surface area contributed by atoms with Crippen molar-refractivity contribution < 1.29 is 8.78 Å². The lowest BCUT2D eigenvalue weighted by Crippen LogP contribution is -2.12. The van der Waals surface area contributed by atoms with Crippen LogP contribution < -0.4 is 5.56 Å². The molecule has 0 amide bonds. The first-order valence-corrected chi connectivity index (χ1v) is 10.2. The van der Waals surface area contributed by atoms with E-state index in [1.165, 1.54) is 44.8 Å². The Labute approximate surface area is 175 Å². The second kappa shape index (κ2) is 7.43. The Morgan fingerprint density at radius 3 is 2.60 bits per heavy atom. The molecule has 7 nitrogen and oxygen atoms in total. The van der Waals surface area contributed by atoms with Crippen LogP contribution in [-0.4, -0.2) is 29.4 Å². The van der Waals surface area contributed by atoms with Crippen LogP contribution in [0.3, 0.4) is 0 Å². The maximum absolute atomic E-state index is 14.7. The Morgan fingerprint density at radius 1 is 1.00 bits per heavy atom. The number of benzene rings is 2. The largest absolute Gasteiger partial charge is 0.275 e. The fraction of sp³-hybridized carbons (Fsp3) is 0. The molecule has 2 aromatic carbocycles. The number of aromatic nitrogens is 6. The van der Waals surface area contributed by atoms with Gasteiger partial charge in [0.1, 0.15) is 11.6 Å². The normalized spacial score (nSPS) is 11.3. The summed E-state index contributed by atoms with van der Waals surface area (Å²) in [7, 11) is 0. The third-order valence-electron chi connectivity index (χ3n) is 4.15. The van der Waals surface area contributed by atoms with Crippen molar-refractivity contribution in [3.8, 4) is 17.1 Å². The number of fused-ring (bicyclic) bond motifs is 1. The van der Waals surface area contributed by atoms with Crippen LogP contribution in [0.1, 0.15) is 0 Å².